The molecule has 0 aliphatic carbocycles. The van der Waals surface area contributed by atoms with Gasteiger partial charge in [-0.1, -0.05) is 13.8 Å². The van der Waals surface area contributed by atoms with Gasteiger partial charge in [0.2, 0.25) is 5.91 Å². The van der Waals surface area contributed by atoms with Gasteiger partial charge in [-0.05, 0) is 12.3 Å². The lowest BCUT2D eigenvalue weighted by Crippen LogP contribution is -2.43. The predicted molar refractivity (Wildman–Crippen MR) is 58.4 cm³/mol. The normalized spacial score (nSPS) is 11.7. The zero-order valence-corrected chi connectivity index (χ0v) is 10.0. The van der Waals surface area contributed by atoms with Crippen LogP contribution in [0.1, 0.15) is 20.3 Å². The summed E-state index contributed by atoms with van der Waals surface area (Å²) in [6, 6.07) is -0.612. The molecule has 0 aromatic rings. The monoisotopic (exact) mass is 268 g/mol. The summed E-state index contributed by atoms with van der Waals surface area (Å²) in [6.45, 7) is 3.53. The number of carbonyl (C=O) groups is 2. The van der Waals surface area contributed by atoms with Crippen molar-refractivity contribution in [3.8, 4) is 0 Å². The number of amides is 1. The minimum atomic E-state index is -1.06. The van der Waals surface area contributed by atoms with E-state index in [4.69, 9.17) is 10.8 Å². The second-order valence-corrected chi connectivity index (χ2v) is 3.35. The second kappa shape index (κ2) is 7.75. The smallest absolute Gasteiger partial charge is 0.322 e. The molecule has 0 spiro atoms. The first-order valence-electron chi connectivity index (χ1n) is 4.18. The molecule has 6 heteroatoms. The molecule has 1 amide bonds. The maximum Gasteiger partial charge on any atom is 0.322 e. The van der Waals surface area contributed by atoms with E-state index in [2.05, 4.69) is 5.32 Å². The Morgan fingerprint density at radius 1 is 1.43 bits per heavy atom. The molecule has 0 rings (SSSR count). The average molecular weight is 269 g/mol. The number of carboxylic acids is 1. The standard InChI is InChI=1S/C8H16N2O3.BrH/c1-5(2)3-6(9)8(13)10-4-7(11)12;/h5-6H,3-4,9H2,1-2H3,(H,10,13)(H,11,12);1H/t6-;/m1./s1. The summed E-state index contributed by atoms with van der Waals surface area (Å²) < 4.78 is 0. The Morgan fingerprint density at radius 2 is 1.93 bits per heavy atom. The SMILES string of the molecule is Br.CC(C)C[C@@H](N)C(=O)NCC(=O)O. The van der Waals surface area contributed by atoms with E-state index < -0.39 is 17.9 Å². The van der Waals surface area contributed by atoms with Gasteiger partial charge in [-0.15, -0.1) is 17.0 Å². The van der Waals surface area contributed by atoms with Crippen LogP contribution in [-0.2, 0) is 9.59 Å². The van der Waals surface area contributed by atoms with E-state index in [0.29, 0.717) is 12.3 Å². The van der Waals surface area contributed by atoms with Crippen LogP contribution in [0.5, 0.6) is 0 Å². The van der Waals surface area contributed by atoms with Gasteiger partial charge in [0.15, 0.2) is 0 Å². The Bertz CT molecular complexity index is 197. The van der Waals surface area contributed by atoms with E-state index in [1.807, 2.05) is 13.8 Å². The fraction of sp³-hybridized carbons (Fsp3) is 0.750. The van der Waals surface area contributed by atoms with E-state index in [1.165, 1.54) is 0 Å². The zero-order valence-electron chi connectivity index (χ0n) is 8.32. The molecule has 14 heavy (non-hydrogen) atoms. The van der Waals surface area contributed by atoms with E-state index in [0.717, 1.165) is 0 Å². The highest BCUT2D eigenvalue weighted by Gasteiger charge is 2.14. The van der Waals surface area contributed by atoms with Crippen molar-refractivity contribution in [1.29, 1.82) is 0 Å². The number of carbonyl (C=O) groups excluding carboxylic acids is 1. The van der Waals surface area contributed by atoms with E-state index >= 15 is 0 Å². The molecule has 0 saturated carbocycles. The van der Waals surface area contributed by atoms with Crippen LogP contribution < -0.4 is 11.1 Å². The maximum atomic E-state index is 11.1. The molecule has 0 bridgehead atoms. The van der Waals surface area contributed by atoms with Crippen molar-refractivity contribution in [3.05, 3.63) is 0 Å². The highest BCUT2D eigenvalue weighted by atomic mass is 79.9. The van der Waals surface area contributed by atoms with Crippen molar-refractivity contribution in [2.45, 2.75) is 26.3 Å². The lowest BCUT2D eigenvalue weighted by Gasteiger charge is -2.12. The number of aliphatic carboxylic acids is 1. The van der Waals surface area contributed by atoms with Crippen LogP contribution in [0.3, 0.4) is 0 Å². The summed E-state index contributed by atoms with van der Waals surface area (Å²) in [4.78, 5) is 21.2. The molecular weight excluding hydrogens is 252 g/mol. The van der Waals surface area contributed by atoms with Crippen molar-refractivity contribution in [2.24, 2.45) is 11.7 Å². The number of carboxylic acid groups (broad SMARTS) is 1. The molecule has 0 aliphatic rings. The number of hydrogen-bond acceptors (Lipinski definition) is 3. The first-order valence-corrected chi connectivity index (χ1v) is 4.18. The van der Waals surface area contributed by atoms with E-state index in [9.17, 15) is 9.59 Å². The summed E-state index contributed by atoms with van der Waals surface area (Å²) in [5.41, 5.74) is 5.50. The van der Waals surface area contributed by atoms with Crippen LogP contribution in [0.25, 0.3) is 0 Å². The third-order valence-electron chi connectivity index (χ3n) is 1.48. The van der Waals surface area contributed by atoms with Crippen LogP contribution in [0.2, 0.25) is 0 Å². The Hall–Kier alpha value is -0.620. The average Bonchev–Trinajstić information content (AvgIpc) is 1.98. The highest BCUT2D eigenvalue weighted by Crippen LogP contribution is 2.01. The number of halogens is 1. The maximum absolute atomic E-state index is 11.1. The molecule has 0 aromatic carbocycles. The van der Waals surface area contributed by atoms with Crippen LogP contribution in [-0.4, -0.2) is 29.6 Å². The molecule has 0 unspecified atom stereocenters. The van der Waals surface area contributed by atoms with Gasteiger partial charge in [-0.3, -0.25) is 9.59 Å². The first kappa shape index (κ1) is 15.8. The molecule has 4 N–H and O–H groups in total. The summed E-state index contributed by atoms with van der Waals surface area (Å²) in [6.07, 6.45) is 0.561. The number of rotatable bonds is 5. The van der Waals surface area contributed by atoms with Crippen LogP contribution in [0.15, 0.2) is 0 Å². The van der Waals surface area contributed by atoms with Gasteiger partial charge in [-0.25, -0.2) is 0 Å². The summed E-state index contributed by atoms with van der Waals surface area (Å²) >= 11 is 0. The Morgan fingerprint density at radius 3 is 2.29 bits per heavy atom. The van der Waals surface area contributed by atoms with Gasteiger partial charge < -0.3 is 16.2 Å². The van der Waals surface area contributed by atoms with E-state index in [-0.39, 0.29) is 23.5 Å². The Kier molecular flexibility index (Phi) is 8.77. The van der Waals surface area contributed by atoms with Crippen LogP contribution in [0.4, 0.5) is 0 Å². The van der Waals surface area contributed by atoms with Gasteiger partial charge in [-0.2, -0.15) is 0 Å². The van der Waals surface area contributed by atoms with Gasteiger partial charge >= 0.3 is 5.97 Å². The number of nitrogens with two attached hydrogens (primary N) is 1. The summed E-state index contributed by atoms with van der Waals surface area (Å²) in [7, 11) is 0. The molecule has 5 nitrogen and oxygen atoms in total. The fourth-order valence-electron chi connectivity index (χ4n) is 0.909. The summed E-state index contributed by atoms with van der Waals surface area (Å²) in [5.74, 6) is -1.15. The minimum absolute atomic E-state index is 0. The Balaban J connectivity index is 0. The van der Waals surface area contributed by atoms with Gasteiger partial charge in [0.05, 0.1) is 6.04 Å². The largest absolute Gasteiger partial charge is 0.480 e. The fourth-order valence-corrected chi connectivity index (χ4v) is 0.909. The van der Waals surface area contributed by atoms with Gasteiger partial charge in [0.25, 0.3) is 0 Å². The molecule has 0 saturated heterocycles. The van der Waals surface area contributed by atoms with Gasteiger partial charge in [0, 0.05) is 0 Å². The third kappa shape index (κ3) is 8.00. The molecule has 0 aliphatic heterocycles. The quantitative estimate of drug-likeness (QED) is 0.661. The van der Waals surface area contributed by atoms with Crippen LogP contribution in [0, 0.1) is 5.92 Å². The molecule has 0 radical (unpaired) electrons. The van der Waals surface area contributed by atoms with Crippen molar-refractivity contribution >= 4 is 28.9 Å². The summed E-state index contributed by atoms with van der Waals surface area (Å²) in [5, 5.41) is 10.5. The molecule has 0 fully saturated rings. The van der Waals surface area contributed by atoms with Crippen molar-refractivity contribution in [2.75, 3.05) is 6.54 Å². The molecule has 0 heterocycles. The minimum Gasteiger partial charge on any atom is -0.480 e. The molecule has 84 valence electrons. The third-order valence-corrected chi connectivity index (χ3v) is 1.48. The van der Waals surface area contributed by atoms with Gasteiger partial charge in [0.1, 0.15) is 6.54 Å². The predicted octanol–water partition coefficient (Wildman–Crippen LogP) is 0.139. The molecule has 0 aromatic heterocycles. The van der Waals surface area contributed by atoms with Crippen molar-refractivity contribution < 1.29 is 14.7 Å². The van der Waals surface area contributed by atoms with Crippen molar-refractivity contribution in [1.82, 2.24) is 5.32 Å². The van der Waals surface area contributed by atoms with E-state index in [1.54, 1.807) is 0 Å². The lowest BCUT2D eigenvalue weighted by atomic mass is 10.0. The number of hydrogen-bond donors (Lipinski definition) is 3. The Labute approximate surface area is 93.8 Å². The first-order chi connectivity index (χ1) is 5.93. The number of nitrogens with one attached hydrogen (secondary N) is 1. The van der Waals surface area contributed by atoms with Crippen molar-refractivity contribution in [3.63, 3.8) is 0 Å². The zero-order chi connectivity index (χ0) is 10.4. The molecular formula is C8H17BrN2O3. The highest BCUT2D eigenvalue weighted by molar-refractivity contribution is 8.93. The second-order valence-electron chi connectivity index (χ2n) is 3.35. The molecule has 1 atom stereocenters. The van der Waals surface area contributed by atoms with Crippen LogP contribution >= 0.6 is 17.0 Å². The topological polar surface area (TPSA) is 92.4 Å². The lowest BCUT2D eigenvalue weighted by molar-refractivity contribution is -0.138.